The molecule has 0 aliphatic carbocycles. The molecule has 0 unspecified atom stereocenters. The average Bonchev–Trinajstić information content (AvgIpc) is 2.33. The Labute approximate surface area is 96.7 Å². The van der Waals surface area contributed by atoms with E-state index in [-0.39, 0.29) is 5.82 Å². The van der Waals surface area contributed by atoms with Crippen molar-refractivity contribution < 1.29 is 4.39 Å². The lowest BCUT2D eigenvalue weighted by molar-refractivity contribution is 0.131. The summed E-state index contributed by atoms with van der Waals surface area (Å²) in [5.74, 6) is -0.0829. The van der Waals surface area contributed by atoms with Crippen molar-refractivity contribution >= 4 is 0 Å². The van der Waals surface area contributed by atoms with E-state index in [1.54, 1.807) is 6.07 Å². The van der Waals surface area contributed by atoms with Gasteiger partial charge >= 0.3 is 0 Å². The molecule has 16 heavy (non-hydrogen) atoms. The highest BCUT2D eigenvalue weighted by atomic mass is 19.1. The molecule has 0 N–H and O–H groups in total. The normalized spacial score (nSPS) is 18.9. The van der Waals surface area contributed by atoms with Gasteiger partial charge < -0.3 is 4.90 Å². The fourth-order valence-corrected chi connectivity index (χ4v) is 2.13. The summed E-state index contributed by atoms with van der Waals surface area (Å²) in [4.78, 5) is 4.75. The monoisotopic (exact) mass is 222 g/mol. The Morgan fingerprint density at radius 3 is 2.31 bits per heavy atom. The van der Waals surface area contributed by atoms with Crippen LogP contribution in [0, 0.1) is 5.82 Å². The van der Waals surface area contributed by atoms with Crippen LogP contribution in [0.4, 0.5) is 4.39 Å². The number of hydrogen-bond acceptors (Lipinski definition) is 2. The first-order valence-electron chi connectivity index (χ1n) is 5.97. The third kappa shape index (κ3) is 2.80. The summed E-state index contributed by atoms with van der Waals surface area (Å²) in [6.45, 7) is 8.34. The van der Waals surface area contributed by atoms with Gasteiger partial charge in [-0.15, -0.1) is 0 Å². The number of nitrogens with zero attached hydrogens (tertiary/aromatic N) is 2. The first-order valence-corrected chi connectivity index (χ1v) is 5.97. The van der Waals surface area contributed by atoms with Crippen molar-refractivity contribution in [2.45, 2.75) is 13.5 Å². The van der Waals surface area contributed by atoms with Crippen LogP contribution in [-0.4, -0.2) is 42.5 Å². The van der Waals surface area contributed by atoms with Gasteiger partial charge in [-0.3, -0.25) is 4.90 Å². The molecule has 0 atom stereocenters. The smallest absolute Gasteiger partial charge is 0.127 e. The minimum atomic E-state index is -0.0829. The molecule has 1 aliphatic heterocycles. The lowest BCUT2D eigenvalue weighted by Gasteiger charge is -2.34. The van der Waals surface area contributed by atoms with Gasteiger partial charge in [0.15, 0.2) is 0 Å². The van der Waals surface area contributed by atoms with E-state index in [4.69, 9.17) is 0 Å². The van der Waals surface area contributed by atoms with Crippen molar-refractivity contribution in [3.05, 3.63) is 35.6 Å². The van der Waals surface area contributed by atoms with E-state index in [0.29, 0.717) is 0 Å². The Morgan fingerprint density at radius 2 is 1.69 bits per heavy atom. The van der Waals surface area contributed by atoms with Crippen LogP contribution in [0.2, 0.25) is 0 Å². The van der Waals surface area contributed by atoms with Crippen molar-refractivity contribution in [3.63, 3.8) is 0 Å². The largest absolute Gasteiger partial charge is 0.301 e. The lowest BCUT2D eigenvalue weighted by atomic mass is 10.2. The second kappa shape index (κ2) is 5.41. The number of hydrogen-bond donors (Lipinski definition) is 0. The SMILES string of the molecule is CCN1CCN(Cc2ccccc2F)CC1. The molecular weight excluding hydrogens is 203 g/mol. The van der Waals surface area contributed by atoms with Gasteiger partial charge in [-0.25, -0.2) is 4.39 Å². The number of halogens is 1. The maximum atomic E-state index is 13.5. The molecule has 3 heteroatoms. The predicted molar refractivity (Wildman–Crippen MR) is 63.8 cm³/mol. The summed E-state index contributed by atoms with van der Waals surface area (Å²) in [7, 11) is 0. The van der Waals surface area contributed by atoms with Crippen molar-refractivity contribution in [2.75, 3.05) is 32.7 Å². The van der Waals surface area contributed by atoms with Crippen LogP contribution in [-0.2, 0) is 6.54 Å². The first-order chi connectivity index (χ1) is 7.79. The van der Waals surface area contributed by atoms with Gasteiger partial charge in [-0.1, -0.05) is 25.1 Å². The molecule has 1 fully saturated rings. The quantitative estimate of drug-likeness (QED) is 0.771. The Bertz CT molecular complexity index is 332. The molecule has 0 spiro atoms. The zero-order valence-electron chi connectivity index (χ0n) is 9.82. The van der Waals surface area contributed by atoms with Gasteiger partial charge in [0.05, 0.1) is 0 Å². The van der Waals surface area contributed by atoms with Gasteiger partial charge in [0.2, 0.25) is 0 Å². The Morgan fingerprint density at radius 1 is 1.06 bits per heavy atom. The molecule has 0 aromatic heterocycles. The summed E-state index contributed by atoms with van der Waals surface area (Å²) < 4.78 is 13.5. The average molecular weight is 222 g/mol. The van der Waals surface area contributed by atoms with Crippen molar-refractivity contribution in [2.24, 2.45) is 0 Å². The fourth-order valence-electron chi connectivity index (χ4n) is 2.13. The van der Waals surface area contributed by atoms with Crippen LogP contribution in [0.3, 0.4) is 0 Å². The minimum Gasteiger partial charge on any atom is -0.301 e. The summed E-state index contributed by atoms with van der Waals surface area (Å²) in [5, 5.41) is 0. The second-order valence-electron chi connectivity index (χ2n) is 4.30. The molecule has 2 rings (SSSR count). The molecule has 1 aromatic rings. The summed E-state index contributed by atoms with van der Waals surface area (Å²) >= 11 is 0. The second-order valence-corrected chi connectivity index (χ2v) is 4.30. The van der Waals surface area contributed by atoms with E-state index in [1.165, 1.54) is 6.07 Å². The van der Waals surface area contributed by atoms with E-state index >= 15 is 0 Å². The van der Waals surface area contributed by atoms with E-state index in [0.717, 1.165) is 44.8 Å². The van der Waals surface area contributed by atoms with Crippen LogP contribution < -0.4 is 0 Å². The zero-order chi connectivity index (χ0) is 11.4. The third-order valence-electron chi connectivity index (χ3n) is 3.26. The fraction of sp³-hybridized carbons (Fsp3) is 0.538. The molecule has 0 radical (unpaired) electrons. The zero-order valence-corrected chi connectivity index (χ0v) is 9.82. The minimum absolute atomic E-state index is 0.0829. The number of rotatable bonds is 3. The van der Waals surface area contributed by atoms with Gasteiger partial charge in [0.25, 0.3) is 0 Å². The maximum Gasteiger partial charge on any atom is 0.127 e. The van der Waals surface area contributed by atoms with Gasteiger partial charge in [-0.2, -0.15) is 0 Å². The Hall–Kier alpha value is -0.930. The topological polar surface area (TPSA) is 6.48 Å². The number of piperazine rings is 1. The molecule has 1 heterocycles. The molecule has 2 nitrogen and oxygen atoms in total. The van der Waals surface area contributed by atoms with E-state index in [1.807, 2.05) is 12.1 Å². The Kier molecular flexibility index (Phi) is 3.91. The van der Waals surface area contributed by atoms with E-state index < -0.39 is 0 Å². The van der Waals surface area contributed by atoms with Crippen LogP contribution in [0.5, 0.6) is 0 Å². The molecule has 1 aromatic carbocycles. The molecule has 0 amide bonds. The Balaban J connectivity index is 1.89. The highest BCUT2D eigenvalue weighted by Gasteiger charge is 2.16. The first kappa shape index (κ1) is 11.6. The van der Waals surface area contributed by atoms with Crippen LogP contribution >= 0.6 is 0 Å². The van der Waals surface area contributed by atoms with Crippen molar-refractivity contribution in [3.8, 4) is 0 Å². The highest BCUT2D eigenvalue weighted by Crippen LogP contribution is 2.11. The summed E-state index contributed by atoms with van der Waals surface area (Å²) in [5.41, 5.74) is 0.812. The molecule has 0 bridgehead atoms. The highest BCUT2D eigenvalue weighted by molar-refractivity contribution is 5.17. The molecule has 88 valence electrons. The molecule has 1 aliphatic rings. The van der Waals surface area contributed by atoms with Crippen molar-refractivity contribution in [1.29, 1.82) is 0 Å². The van der Waals surface area contributed by atoms with Crippen molar-refractivity contribution in [1.82, 2.24) is 9.80 Å². The molecular formula is C13H19FN2. The number of benzene rings is 1. The van der Waals surface area contributed by atoms with Crippen LogP contribution in [0.1, 0.15) is 12.5 Å². The van der Waals surface area contributed by atoms with Gasteiger partial charge in [-0.05, 0) is 12.6 Å². The number of likely N-dealkylation sites (N-methyl/N-ethyl adjacent to an activating group) is 1. The standard InChI is InChI=1S/C13H19FN2/c1-2-15-7-9-16(10-8-15)11-12-5-3-4-6-13(12)14/h3-6H,2,7-11H2,1H3. The summed E-state index contributed by atoms with van der Waals surface area (Å²) in [6, 6.07) is 7.06. The maximum absolute atomic E-state index is 13.5. The molecule has 0 saturated carbocycles. The van der Waals surface area contributed by atoms with Gasteiger partial charge in [0, 0.05) is 38.3 Å². The van der Waals surface area contributed by atoms with Crippen LogP contribution in [0.15, 0.2) is 24.3 Å². The van der Waals surface area contributed by atoms with Gasteiger partial charge in [0.1, 0.15) is 5.82 Å². The summed E-state index contributed by atoms with van der Waals surface area (Å²) in [6.07, 6.45) is 0. The lowest BCUT2D eigenvalue weighted by Crippen LogP contribution is -2.45. The third-order valence-corrected chi connectivity index (χ3v) is 3.26. The van der Waals surface area contributed by atoms with E-state index in [9.17, 15) is 4.39 Å². The predicted octanol–water partition coefficient (Wildman–Crippen LogP) is 1.96. The van der Waals surface area contributed by atoms with E-state index in [2.05, 4.69) is 16.7 Å². The molecule has 1 saturated heterocycles. The van der Waals surface area contributed by atoms with Crippen LogP contribution in [0.25, 0.3) is 0 Å².